The Kier molecular flexibility index (Phi) is 9.44. The lowest BCUT2D eigenvalue weighted by atomic mass is 10.1. The lowest BCUT2D eigenvalue weighted by Gasteiger charge is -2.17. The fraction of sp³-hybridized carbons (Fsp3) is 0.290. The van der Waals surface area contributed by atoms with Gasteiger partial charge in [-0.05, 0) is 74.2 Å². The molecule has 1 aromatic heterocycles. The number of nitrogens with zero attached hydrogens (tertiary/aromatic N) is 2. The van der Waals surface area contributed by atoms with E-state index in [9.17, 15) is 4.79 Å². The molecule has 4 rings (SSSR count). The van der Waals surface area contributed by atoms with E-state index in [4.69, 9.17) is 26.1 Å². The van der Waals surface area contributed by atoms with Gasteiger partial charge < -0.3 is 19.4 Å². The molecular weight excluding hydrogens is 498 g/mol. The van der Waals surface area contributed by atoms with Crippen LogP contribution in [0, 0.1) is 0 Å². The summed E-state index contributed by atoms with van der Waals surface area (Å²) < 4.78 is 13.7. The Labute approximate surface area is 229 Å². The number of hydrogen-bond acceptors (Lipinski definition) is 4. The van der Waals surface area contributed by atoms with Crippen LogP contribution >= 0.6 is 11.6 Å². The molecule has 0 aliphatic carbocycles. The van der Waals surface area contributed by atoms with Crippen molar-refractivity contribution in [2.45, 2.75) is 45.7 Å². The van der Waals surface area contributed by atoms with Gasteiger partial charge in [-0.25, -0.2) is 4.98 Å². The van der Waals surface area contributed by atoms with Crippen molar-refractivity contribution < 1.29 is 14.3 Å². The third-order valence-electron chi connectivity index (χ3n) is 6.31. The van der Waals surface area contributed by atoms with Crippen molar-refractivity contribution in [1.29, 1.82) is 0 Å². The van der Waals surface area contributed by atoms with Crippen LogP contribution in [0.5, 0.6) is 11.5 Å². The quantitative estimate of drug-likeness (QED) is 0.200. The monoisotopic (exact) mass is 531 g/mol. The first-order valence-electron chi connectivity index (χ1n) is 12.9. The molecule has 1 N–H and O–H groups in total. The number of fused-ring (bicyclic) bond motifs is 1. The van der Waals surface area contributed by atoms with E-state index in [2.05, 4.69) is 16.0 Å². The molecular formula is C31H34ClN3O3. The molecule has 0 bridgehead atoms. The van der Waals surface area contributed by atoms with Crippen molar-refractivity contribution in [1.82, 2.24) is 14.9 Å². The van der Waals surface area contributed by atoms with E-state index in [1.165, 1.54) is 0 Å². The second-order valence-electron chi connectivity index (χ2n) is 9.17. The molecule has 4 aromatic rings. The highest BCUT2D eigenvalue weighted by atomic mass is 35.5. The van der Waals surface area contributed by atoms with Gasteiger partial charge >= 0.3 is 0 Å². The van der Waals surface area contributed by atoms with Crippen molar-refractivity contribution in [3.63, 3.8) is 0 Å². The lowest BCUT2D eigenvalue weighted by molar-refractivity contribution is -0.121. The summed E-state index contributed by atoms with van der Waals surface area (Å²) in [5, 5.41) is 3.77. The molecule has 198 valence electrons. The van der Waals surface area contributed by atoms with Crippen LogP contribution < -0.4 is 14.8 Å². The zero-order valence-electron chi connectivity index (χ0n) is 22.1. The number of methoxy groups -OCH3 is 1. The number of hydrogen-bond donors (Lipinski definition) is 1. The predicted molar refractivity (Wildman–Crippen MR) is 154 cm³/mol. The number of ether oxygens (including phenoxy) is 2. The van der Waals surface area contributed by atoms with Crippen molar-refractivity contribution >= 4 is 34.6 Å². The number of rotatable bonds is 12. The highest BCUT2D eigenvalue weighted by Crippen LogP contribution is 2.29. The number of aryl methyl sites for hydroxylation is 1. The second kappa shape index (κ2) is 13.2. The molecule has 1 atom stereocenters. The average Bonchev–Trinajstić information content (AvgIpc) is 3.29. The van der Waals surface area contributed by atoms with E-state index >= 15 is 0 Å². The minimum atomic E-state index is -0.238. The summed E-state index contributed by atoms with van der Waals surface area (Å²) >= 11 is 5.96. The van der Waals surface area contributed by atoms with Gasteiger partial charge in [0.25, 0.3) is 0 Å². The number of amides is 1. The van der Waals surface area contributed by atoms with Crippen molar-refractivity contribution in [2.75, 3.05) is 13.7 Å². The van der Waals surface area contributed by atoms with Crippen molar-refractivity contribution in [2.24, 2.45) is 0 Å². The molecule has 7 heteroatoms. The summed E-state index contributed by atoms with van der Waals surface area (Å²) in [5.74, 6) is 2.26. The average molecular weight is 532 g/mol. The number of imidazole rings is 1. The minimum Gasteiger partial charge on any atom is -0.493 e. The molecule has 0 aliphatic heterocycles. The van der Waals surface area contributed by atoms with Gasteiger partial charge in [0.1, 0.15) is 5.82 Å². The van der Waals surface area contributed by atoms with E-state index in [-0.39, 0.29) is 18.4 Å². The molecule has 6 nitrogen and oxygen atoms in total. The van der Waals surface area contributed by atoms with Crippen LogP contribution in [0.1, 0.15) is 49.7 Å². The van der Waals surface area contributed by atoms with Crippen molar-refractivity contribution in [3.8, 4) is 11.5 Å². The number of aromatic nitrogens is 2. The number of carbonyl (C=O) groups excluding carboxylic acids is 1. The van der Waals surface area contributed by atoms with Crippen LogP contribution in [-0.4, -0.2) is 29.2 Å². The molecule has 0 saturated carbocycles. The van der Waals surface area contributed by atoms with Crippen molar-refractivity contribution in [3.05, 3.63) is 94.8 Å². The summed E-state index contributed by atoms with van der Waals surface area (Å²) in [6, 6.07) is 21.1. The van der Waals surface area contributed by atoms with E-state index in [1.54, 1.807) is 19.2 Å². The fourth-order valence-electron chi connectivity index (χ4n) is 4.46. The Bertz CT molecular complexity index is 1400. The smallest absolute Gasteiger partial charge is 0.224 e. The minimum absolute atomic E-state index is 0.0544. The van der Waals surface area contributed by atoms with E-state index < -0.39 is 0 Å². The number of halogens is 1. The molecule has 0 aliphatic rings. The summed E-state index contributed by atoms with van der Waals surface area (Å²) in [6.07, 6.45) is 6.08. The zero-order valence-corrected chi connectivity index (χ0v) is 22.9. The van der Waals surface area contributed by atoms with Gasteiger partial charge in [-0.2, -0.15) is 0 Å². The highest BCUT2D eigenvalue weighted by molar-refractivity contribution is 6.30. The van der Waals surface area contributed by atoms with E-state index in [0.717, 1.165) is 58.9 Å². The van der Waals surface area contributed by atoms with Crippen LogP contribution in [0.25, 0.3) is 17.1 Å². The van der Waals surface area contributed by atoms with Gasteiger partial charge in [0.2, 0.25) is 5.91 Å². The molecule has 1 heterocycles. The molecule has 0 fully saturated rings. The first kappa shape index (κ1) is 27.3. The predicted octanol–water partition coefficient (Wildman–Crippen LogP) is 7.01. The second-order valence-corrected chi connectivity index (χ2v) is 9.61. The summed E-state index contributed by atoms with van der Waals surface area (Å²) in [6.45, 7) is 5.31. The van der Waals surface area contributed by atoms with Crippen LogP contribution in [0.4, 0.5) is 0 Å². The summed E-state index contributed by atoms with van der Waals surface area (Å²) in [7, 11) is 1.66. The van der Waals surface area contributed by atoms with Gasteiger partial charge in [-0.3, -0.25) is 4.79 Å². The first-order chi connectivity index (χ1) is 18.5. The van der Waals surface area contributed by atoms with Crippen LogP contribution in [-0.2, 0) is 17.8 Å². The Morgan fingerprint density at radius 3 is 2.63 bits per heavy atom. The zero-order chi connectivity index (χ0) is 26.9. The Morgan fingerprint density at radius 1 is 1.08 bits per heavy atom. The van der Waals surface area contributed by atoms with Gasteiger partial charge in [-0.15, -0.1) is 0 Å². The molecule has 38 heavy (non-hydrogen) atoms. The van der Waals surface area contributed by atoms with Gasteiger partial charge in [0.15, 0.2) is 11.5 Å². The standard InChI is InChI=1S/C31H34ClN3O3/c1-4-9-23-14-17-28(29(20-23)37-3)38-19-8-7-18-35-27-11-6-5-10-26(27)34-31(35)22(2)33-30(36)21-24-12-15-25(32)16-13-24/h4-6,9-17,20,22H,7-8,18-19,21H2,1-3H3,(H,33,36)/b9-4+. The molecule has 0 radical (unpaired) electrons. The molecule has 1 amide bonds. The van der Waals surface area contributed by atoms with Crippen LogP contribution in [0.3, 0.4) is 0 Å². The number of unbranched alkanes of at least 4 members (excludes halogenated alkanes) is 1. The van der Waals surface area contributed by atoms with E-state index in [1.807, 2.05) is 74.5 Å². The van der Waals surface area contributed by atoms with E-state index in [0.29, 0.717) is 11.6 Å². The van der Waals surface area contributed by atoms with Gasteiger partial charge in [0, 0.05) is 11.6 Å². The van der Waals surface area contributed by atoms with Gasteiger partial charge in [-0.1, -0.05) is 54.1 Å². The van der Waals surface area contributed by atoms with Crippen LogP contribution in [0.15, 0.2) is 72.8 Å². The number of benzene rings is 3. The third-order valence-corrected chi connectivity index (χ3v) is 6.56. The molecule has 3 aromatic carbocycles. The maximum atomic E-state index is 12.7. The number of nitrogens with one attached hydrogen (secondary N) is 1. The Balaban J connectivity index is 1.37. The van der Waals surface area contributed by atoms with Gasteiger partial charge in [0.05, 0.1) is 37.2 Å². The molecule has 0 spiro atoms. The highest BCUT2D eigenvalue weighted by Gasteiger charge is 2.18. The largest absolute Gasteiger partial charge is 0.493 e. The normalized spacial score (nSPS) is 12.1. The fourth-order valence-corrected chi connectivity index (χ4v) is 4.58. The maximum absolute atomic E-state index is 12.7. The summed E-state index contributed by atoms with van der Waals surface area (Å²) in [4.78, 5) is 17.6. The SMILES string of the molecule is C/C=C/c1ccc(OCCCCn2c(C(C)NC(=O)Cc3ccc(Cl)cc3)nc3ccccc32)c(OC)c1. The van der Waals surface area contributed by atoms with Crippen LogP contribution in [0.2, 0.25) is 5.02 Å². The Morgan fingerprint density at radius 2 is 1.87 bits per heavy atom. The first-order valence-corrected chi connectivity index (χ1v) is 13.3. The third kappa shape index (κ3) is 6.95. The number of carbonyl (C=O) groups is 1. The molecule has 0 saturated heterocycles. The number of allylic oxidation sites excluding steroid dienone is 1. The maximum Gasteiger partial charge on any atom is 0.224 e. The number of para-hydroxylation sites is 2. The topological polar surface area (TPSA) is 65.4 Å². The molecule has 1 unspecified atom stereocenters. The summed E-state index contributed by atoms with van der Waals surface area (Å²) in [5.41, 5.74) is 3.97. The Hall–Kier alpha value is -3.77. The lowest BCUT2D eigenvalue weighted by Crippen LogP contribution is -2.30.